The first-order valence-electron chi connectivity index (χ1n) is 9.16. The van der Waals surface area contributed by atoms with Crippen molar-refractivity contribution in [2.45, 2.75) is 38.8 Å². The van der Waals surface area contributed by atoms with Crippen molar-refractivity contribution < 1.29 is 13.6 Å². The summed E-state index contributed by atoms with van der Waals surface area (Å²) in [5, 5.41) is 0. The van der Waals surface area contributed by atoms with Gasteiger partial charge in [-0.15, -0.1) is 0 Å². The fourth-order valence-electron chi connectivity index (χ4n) is 3.18. The van der Waals surface area contributed by atoms with E-state index in [0.29, 0.717) is 23.9 Å². The molecule has 0 bridgehead atoms. The highest BCUT2D eigenvalue weighted by Gasteiger charge is 2.33. The lowest BCUT2D eigenvalue weighted by atomic mass is 10.1. The molecule has 0 saturated heterocycles. The molecule has 27 heavy (non-hydrogen) atoms. The molecule has 138 valence electrons. The first-order chi connectivity index (χ1) is 13.1. The molecule has 3 aromatic rings. The summed E-state index contributed by atoms with van der Waals surface area (Å²) >= 11 is 0. The van der Waals surface area contributed by atoms with Gasteiger partial charge in [-0.1, -0.05) is 30.3 Å². The predicted octanol–water partition coefficient (Wildman–Crippen LogP) is 4.52. The molecule has 0 aliphatic heterocycles. The monoisotopic (exact) mass is 364 g/mol. The first kappa shape index (κ1) is 17.5. The molecule has 1 saturated carbocycles. The third kappa shape index (κ3) is 4.08. The van der Waals surface area contributed by atoms with Gasteiger partial charge in [0.15, 0.2) is 0 Å². The van der Waals surface area contributed by atoms with Crippen molar-refractivity contribution in [2.24, 2.45) is 0 Å². The van der Waals surface area contributed by atoms with Gasteiger partial charge in [0.25, 0.3) is 0 Å². The molecule has 1 aliphatic carbocycles. The van der Waals surface area contributed by atoms with Gasteiger partial charge in [0.05, 0.1) is 12.1 Å². The Morgan fingerprint density at radius 2 is 1.96 bits per heavy atom. The summed E-state index contributed by atoms with van der Waals surface area (Å²) in [5.74, 6) is 0.899. The van der Waals surface area contributed by atoms with Crippen LogP contribution in [0.15, 0.2) is 59.0 Å². The number of hydrogen-bond donors (Lipinski definition) is 0. The van der Waals surface area contributed by atoms with Crippen LogP contribution in [-0.4, -0.2) is 21.8 Å². The number of aromatic nitrogens is 1. The molecule has 0 unspecified atom stereocenters. The Hall–Kier alpha value is -2.95. The second-order valence-electron chi connectivity index (χ2n) is 6.95. The van der Waals surface area contributed by atoms with Crippen LogP contribution in [0.1, 0.15) is 29.9 Å². The van der Waals surface area contributed by atoms with E-state index in [9.17, 15) is 9.18 Å². The summed E-state index contributed by atoms with van der Waals surface area (Å²) in [7, 11) is 0. The van der Waals surface area contributed by atoms with E-state index in [2.05, 4.69) is 4.98 Å². The van der Waals surface area contributed by atoms with Gasteiger partial charge in [-0.3, -0.25) is 4.79 Å². The zero-order valence-electron chi connectivity index (χ0n) is 15.2. The molecule has 4 nitrogen and oxygen atoms in total. The number of benzene rings is 2. The van der Waals surface area contributed by atoms with Crippen LogP contribution in [0.3, 0.4) is 0 Å². The minimum absolute atomic E-state index is 0.00206. The van der Waals surface area contributed by atoms with Crippen molar-refractivity contribution in [3.8, 4) is 11.5 Å². The zero-order chi connectivity index (χ0) is 18.8. The van der Waals surface area contributed by atoms with Gasteiger partial charge in [-0.25, -0.2) is 9.37 Å². The van der Waals surface area contributed by atoms with Crippen LogP contribution in [0.2, 0.25) is 0 Å². The van der Waals surface area contributed by atoms with Gasteiger partial charge in [-0.05, 0) is 49.6 Å². The largest absolute Gasteiger partial charge is 0.441 e. The quantitative estimate of drug-likeness (QED) is 0.646. The number of nitrogens with zero attached hydrogens (tertiary/aromatic N) is 2. The molecule has 0 N–H and O–H groups in total. The second-order valence-corrected chi connectivity index (χ2v) is 6.95. The third-order valence-corrected chi connectivity index (χ3v) is 4.78. The predicted molar refractivity (Wildman–Crippen MR) is 100 cm³/mol. The lowest BCUT2D eigenvalue weighted by Gasteiger charge is -2.22. The Morgan fingerprint density at radius 3 is 2.67 bits per heavy atom. The van der Waals surface area contributed by atoms with Crippen LogP contribution in [0.25, 0.3) is 11.5 Å². The van der Waals surface area contributed by atoms with Gasteiger partial charge < -0.3 is 9.32 Å². The van der Waals surface area contributed by atoms with Gasteiger partial charge in [0.1, 0.15) is 11.6 Å². The third-order valence-electron chi connectivity index (χ3n) is 4.78. The highest BCUT2D eigenvalue weighted by atomic mass is 19.1. The van der Waals surface area contributed by atoms with Crippen LogP contribution >= 0.6 is 0 Å². The molecule has 0 spiro atoms. The Bertz CT molecular complexity index is 948. The minimum atomic E-state index is -0.282. The Kier molecular flexibility index (Phi) is 4.75. The summed E-state index contributed by atoms with van der Waals surface area (Å²) < 4.78 is 19.2. The van der Waals surface area contributed by atoms with Gasteiger partial charge in [0, 0.05) is 18.2 Å². The number of rotatable bonds is 6. The maximum atomic E-state index is 13.5. The van der Waals surface area contributed by atoms with E-state index in [1.165, 1.54) is 12.1 Å². The van der Waals surface area contributed by atoms with E-state index >= 15 is 0 Å². The smallest absolute Gasteiger partial charge is 0.229 e. The summed E-state index contributed by atoms with van der Waals surface area (Å²) in [5.41, 5.74) is 2.35. The van der Waals surface area contributed by atoms with E-state index in [4.69, 9.17) is 4.42 Å². The molecule has 1 amide bonds. The molecule has 1 aromatic heterocycles. The van der Waals surface area contributed by atoms with Crippen molar-refractivity contribution >= 4 is 5.91 Å². The molecule has 1 heterocycles. The van der Waals surface area contributed by atoms with Crippen molar-refractivity contribution in [1.82, 2.24) is 9.88 Å². The molecule has 0 radical (unpaired) electrons. The molecule has 1 fully saturated rings. The number of aryl methyl sites for hydroxylation is 1. The Labute approximate surface area is 157 Å². The molecule has 0 atom stereocenters. The lowest BCUT2D eigenvalue weighted by Crippen LogP contribution is -2.34. The highest BCUT2D eigenvalue weighted by Crippen LogP contribution is 2.30. The number of amides is 1. The normalized spacial score (nSPS) is 13.6. The van der Waals surface area contributed by atoms with E-state index in [1.54, 1.807) is 6.07 Å². The Balaban J connectivity index is 1.51. The maximum Gasteiger partial charge on any atom is 0.229 e. The molecule has 1 aliphatic rings. The number of hydrogen-bond acceptors (Lipinski definition) is 3. The number of oxazole rings is 1. The van der Waals surface area contributed by atoms with Crippen LogP contribution in [0.5, 0.6) is 0 Å². The SMILES string of the molecule is Cc1oc(-c2ccccc2)nc1CC(=O)N(Cc1cccc(F)c1)C1CC1. The first-order valence-corrected chi connectivity index (χ1v) is 9.16. The maximum absolute atomic E-state index is 13.5. The van der Waals surface area contributed by atoms with E-state index in [-0.39, 0.29) is 24.2 Å². The molecule has 2 aromatic carbocycles. The second kappa shape index (κ2) is 7.35. The van der Waals surface area contributed by atoms with Crippen molar-refractivity contribution in [3.05, 3.63) is 77.4 Å². The van der Waals surface area contributed by atoms with Crippen LogP contribution < -0.4 is 0 Å². The molecular weight excluding hydrogens is 343 g/mol. The zero-order valence-corrected chi connectivity index (χ0v) is 15.2. The summed E-state index contributed by atoms with van der Waals surface area (Å²) in [6, 6.07) is 16.3. The Morgan fingerprint density at radius 1 is 1.19 bits per heavy atom. The number of halogens is 1. The van der Waals surface area contributed by atoms with E-state index in [0.717, 1.165) is 24.0 Å². The molecule has 4 rings (SSSR count). The van der Waals surface area contributed by atoms with Crippen LogP contribution in [-0.2, 0) is 17.8 Å². The fourth-order valence-corrected chi connectivity index (χ4v) is 3.18. The number of carbonyl (C=O) groups excluding carboxylic acids is 1. The topological polar surface area (TPSA) is 46.3 Å². The summed E-state index contributed by atoms with van der Waals surface area (Å²) in [6.07, 6.45) is 2.18. The van der Waals surface area contributed by atoms with Crippen LogP contribution in [0, 0.1) is 12.7 Å². The van der Waals surface area contributed by atoms with Crippen molar-refractivity contribution in [1.29, 1.82) is 0 Å². The standard InChI is InChI=1S/C22H21FN2O2/c1-15-20(24-22(27-15)17-7-3-2-4-8-17)13-21(26)25(19-10-11-19)14-16-6-5-9-18(23)12-16/h2-9,12,19H,10-11,13-14H2,1H3. The van der Waals surface area contributed by atoms with Crippen LogP contribution in [0.4, 0.5) is 4.39 Å². The average molecular weight is 364 g/mol. The molecule has 5 heteroatoms. The van der Waals surface area contributed by atoms with Gasteiger partial charge in [-0.2, -0.15) is 0 Å². The van der Waals surface area contributed by atoms with Gasteiger partial charge >= 0.3 is 0 Å². The average Bonchev–Trinajstić information content (AvgIpc) is 3.44. The lowest BCUT2D eigenvalue weighted by molar-refractivity contribution is -0.131. The summed E-state index contributed by atoms with van der Waals surface area (Å²) in [4.78, 5) is 19.3. The van der Waals surface area contributed by atoms with E-state index in [1.807, 2.05) is 48.2 Å². The highest BCUT2D eigenvalue weighted by molar-refractivity contribution is 5.79. The van der Waals surface area contributed by atoms with Crippen molar-refractivity contribution in [3.63, 3.8) is 0 Å². The fraction of sp³-hybridized carbons (Fsp3) is 0.273. The molecular formula is C22H21FN2O2. The van der Waals surface area contributed by atoms with Gasteiger partial charge in [0.2, 0.25) is 11.8 Å². The summed E-state index contributed by atoms with van der Waals surface area (Å²) in [6.45, 7) is 2.25. The number of carbonyl (C=O) groups is 1. The van der Waals surface area contributed by atoms with E-state index < -0.39 is 0 Å². The minimum Gasteiger partial charge on any atom is -0.441 e. The van der Waals surface area contributed by atoms with Crippen molar-refractivity contribution in [2.75, 3.05) is 0 Å².